The summed E-state index contributed by atoms with van der Waals surface area (Å²) in [5, 5.41) is -0.107. The molecule has 1 aliphatic heterocycles. The maximum atomic E-state index is 6.27. The van der Waals surface area contributed by atoms with Crippen LogP contribution in [0.3, 0.4) is 0 Å². The quantitative estimate of drug-likeness (QED) is 0.772. The Balaban J connectivity index is 2.09. The fourth-order valence-corrected chi connectivity index (χ4v) is 2.97. The molecule has 0 amide bonds. The normalized spacial score (nSPS) is 17.4. The van der Waals surface area contributed by atoms with Crippen LogP contribution in [-0.4, -0.2) is 36.3 Å². The van der Waals surface area contributed by atoms with Crippen LogP contribution in [-0.2, 0) is 4.74 Å². The highest BCUT2D eigenvalue weighted by atomic mass is 79.9. The molecule has 2 heterocycles. The van der Waals surface area contributed by atoms with E-state index >= 15 is 0 Å². The van der Waals surface area contributed by atoms with Gasteiger partial charge in [-0.1, -0.05) is 15.9 Å². The van der Waals surface area contributed by atoms with E-state index in [0.29, 0.717) is 0 Å². The molecule has 1 aromatic carbocycles. The standard InChI is InChI=1S/C14H15BrClN3O/c1-9(16)11-6-10(15)7-12-14(11)18-13(8-17-12)19-2-4-20-5-3-19/h6-9H,2-5H2,1H3. The minimum absolute atomic E-state index is 0.107. The van der Waals surface area contributed by atoms with Crippen LogP contribution in [0, 0.1) is 0 Å². The highest BCUT2D eigenvalue weighted by molar-refractivity contribution is 9.10. The minimum atomic E-state index is -0.107. The van der Waals surface area contributed by atoms with Gasteiger partial charge in [0, 0.05) is 17.6 Å². The Labute approximate surface area is 131 Å². The molecule has 1 aromatic heterocycles. The second kappa shape index (κ2) is 5.84. The molecule has 0 N–H and O–H groups in total. The largest absolute Gasteiger partial charge is 0.378 e. The number of morpholine rings is 1. The number of anilines is 1. The van der Waals surface area contributed by atoms with Gasteiger partial charge in [0.15, 0.2) is 0 Å². The predicted molar refractivity (Wildman–Crippen MR) is 84.5 cm³/mol. The number of benzene rings is 1. The van der Waals surface area contributed by atoms with E-state index in [-0.39, 0.29) is 5.38 Å². The van der Waals surface area contributed by atoms with Crippen molar-refractivity contribution in [1.82, 2.24) is 9.97 Å². The molecule has 1 atom stereocenters. The van der Waals surface area contributed by atoms with E-state index in [1.807, 2.05) is 25.3 Å². The summed E-state index contributed by atoms with van der Waals surface area (Å²) < 4.78 is 6.34. The van der Waals surface area contributed by atoms with Crippen molar-refractivity contribution in [2.75, 3.05) is 31.2 Å². The lowest BCUT2D eigenvalue weighted by atomic mass is 10.1. The lowest BCUT2D eigenvalue weighted by Crippen LogP contribution is -2.36. The van der Waals surface area contributed by atoms with Gasteiger partial charge in [-0.2, -0.15) is 0 Å². The van der Waals surface area contributed by atoms with Gasteiger partial charge >= 0.3 is 0 Å². The first kappa shape index (κ1) is 14.0. The summed E-state index contributed by atoms with van der Waals surface area (Å²) in [4.78, 5) is 11.5. The van der Waals surface area contributed by atoms with Gasteiger partial charge in [-0.15, -0.1) is 11.6 Å². The average molecular weight is 357 g/mol. The van der Waals surface area contributed by atoms with Gasteiger partial charge in [0.1, 0.15) is 5.82 Å². The summed E-state index contributed by atoms with van der Waals surface area (Å²) >= 11 is 9.76. The summed E-state index contributed by atoms with van der Waals surface area (Å²) in [5.74, 6) is 0.890. The smallest absolute Gasteiger partial charge is 0.148 e. The molecular formula is C14H15BrClN3O. The molecular weight excluding hydrogens is 342 g/mol. The van der Waals surface area contributed by atoms with Crippen LogP contribution < -0.4 is 4.90 Å². The van der Waals surface area contributed by atoms with Crippen molar-refractivity contribution in [3.05, 3.63) is 28.4 Å². The molecule has 3 rings (SSSR count). The molecule has 106 valence electrons. The summed E-state index contributed by atoms with van der Waals surface area (Å²) in [6, 6.07) is 3.98. The average Bonchev–Trinajstić information content (AvgIpc) is 2.46. The molecule has 20 heavy (non-hydrogen) atoms. The van der Waals surface area contributed by atoms with E-state index < -0.39 is 0 Å². The second-order valence-electron chi connectivity index (χ2n) is 4.81. The van der Waals surface area contributed by atoms with Crippen molar-refractivity contribution in [3.63, 3.8) is 0 Å². The number of alkyl halides is 1. The molecule has 0 spiro atoms. The van der Waals surface area contributed by atoms with Crippen LogP contribution >= 0.6 is 27.5 Å². The van der Waals surface area contributed by atoms with Crippen LogP contribution in [0.5, 0.6) is 0 Å². The number of rotatable bonds is 2. The lowest BCUT2D eigenvalue weighted by molar-refractivity contribution is 0.122. The molecule has 2 aromatic rings. The third-order valence-corrected chi connectivity index (χ3v) is 4.09. The van der Waals surface area contributed by atoms with Crippen molar-refractivity contribution >= 4 is 44.4 Å². The zero-order valence-electron chi connectivity index (χ0n) is 11.1. The Bertz CT molecular complexity index is 629. The lowest BCUT2D eigenvalue weighted by Gasteiger charge is -2.27. The maximum absolute atomic E-state index is 6.27. The van der Waals surface area contributed by atoms with Gasteiger partial charge < -0.3 is 9.64 Å². The number of fused-ring (bicyclic) bond motifs is 1. The molecule has 1 unspecified atom stereocenters. The van der Waals surface area contributed by atoms with Crippen LogP contribution in [0.2, 0.25) is 0 Å². The van der Waals surface area contributed by atoms with Crippen molar-refractivity contribution < 1.29 is 4.74 Å². The third kappa shape index (κ3) is 2.75. The first-order valence-corrected chi connectivity index (χ1v) is 7.81. The summed E-state index contributed by atoms with van der Waals surface area (Å²) in [6.07, 6.45) is 1.82. The number of ether oxygens (including phenoxy) is 1. The Morgan fingerprint density at radius 1 is 1.35 bits per heavy atom. The molecule has 1 aliphatic rings. The second-order valence-corrected chi connectivity index (χ2v) is 6.38. The van der Waals surface area contributed by atoms with Crippen LogP contribution in [0.15, 0.2) is 22.8 Å². The van der Waals surface area contributed by atoms with E-state index in [2.05, 4.69) is 25.8 Å². The van der Waals surface area contributed by atoms with Gasteiger partial charge in [0.2, 0.25) is 0 Å². The molecule has 0 aliphatic carbocycles. The van der Waals surface area contributed by atoms with Crippen LogP contribution in [0.4, 0.5) is 5.82 Å². The van der Waals surface area contributed by atoms with Crippen molar-refractivity contribution in [2.45, 2.75) is 12.3 Å². The van der Waals surface area contributed by atoms with Gasteiger partial charge in [-0.25, -0.2) is 4.98 Å². The molecule has 6 heteroatoms. The van der Waals surface area contributed by atoms with Crippen molar-refractivity contribution in [1.29, 1.82) is 0 Å². The fraction of sp³-hybridized carbons (Fsp3) is 0.429. The Morgan fingerprint density at radius 3 is 2.80 bits per heavy atom. The Kier molecular flexibility index (Phi) is 4.10. The van der Waals surface area contributed by atoms with E-state index in [1.165, 1.54) is 0 Å². The zero-order chi connectivity index (χ0) is 14.1. The van der Waals surface area contributed by atoms with E-state index in [1.54, 1.807) is 0 Å². The molecule has 0 radical (unpaired) electrons. The Morgan fingerprint density at radius 2 is 2.10 bits per heavy atom. The minimum Gasteiger partial charge on any atom is -0.378 e. The van der Waals surface area contributed by atoms with Gasteiger partial charge in [0.05, 0.1) is 35.8 Å². The zero-order valence-corrected chi connectivity index (χ0v) is 13.5. The first-order valence-electron chi connectivity index (χ1n) is 6.58. The number of hydrogen-bond acceptors (Lipinski definition) is 4. The summed E-state index contributed by atoms with van der Waals surface area (Å²) in [7, 11) is 0. The number of hydrogen-bond donors (Lipinski definition) is 0. The van der Waals surface area contributed by atoms with Crippen LogP contribution in [0.1, 0.15) is 17.9 Å². The van der Waals surface area contributed by atoms with E-state index in [0.717, 1.165) is 53.2 Å². The van der Waals surface area contributed by atoms with Crippen molar-refractivity contribution in [2.24, 2.45) is 0 Å². The fourth-order valence-electron chi connectivity index (χ4n) is 2.34. The van der Waals surface area contributed by atoms with Gasteiger partial charge in [0.25, 0.3) is 0 Å². The Hall–Kier alpha value is -0.910. The molecule has 0 bridgehead atoms. The third-order valence-electron chi connectivity index (χ3n) is 3.39. The molecule has 1 saturated heterocycles. The van der Waals surface area contributed by atoms with E-state index in [4.69, 9.17) is 21.3 Å². The molecule has 4 nitrogen and oxygen atoms in total. The topological polar surface area (TPSA) is 38.2 Å². The SMILES string of the molecule is CC(Cl)c1cc(Br)cc2ncc(N3CCOCC3)nc12. The predicted octanol–water partition coefficient (Wildman–Crippen LogP) is 3.53. The number of aromatic nitrogens is 2. The highest BCUT2D eigenvalue weighted by Gasteiger charge is 2.16. The number of nitrogens with zero attached hydrogens (tertiary/aromatic N) is 3. The van der Waals surface area contributed by atoms with Crippen LogP contribution in [0.25, 0.3) is 11.0 Å². The highest BCUT2D eigenvalue weighted by Crippen LogP contribution is 2.30. The molecule has 0 saturated carbocycles. The maximum Gasteiger partial charge on any atom is 0.148 e. The van der Waals surface area contributed by atoms with Crippen molar-refractivity contribution in [3.8, 4) is 0 Å². The molecule has 1 fully saturated rings. The van der Waals surface area contributed by atoms with E-state index in [9.17, 15) is 0 Å². The summed E-state index contributed by atoms with van der Waals surface area (Å²) in [5.41, 5.74) is 2.73. The van der Waals surface area contributed by atoms with Gasteiger partial charge in [-0.3, -0.25) is 4.98 Å². The monoisotopic (exact) mass is 355 g/mol. The first-order chi connectivity index (χ1) is 9.65. The summed E-state index contributed by atoms with van der Waals surface area (Å²) in [6.45, 7) is 5.12. The van der Waals surface area contributed by atoms with Gasteiger partial charge in [-0.05, 0) is 24.6 Å². The number of halogens is 2.